The normalized spacial score (nSPS) is 27.7. The fourth-order valence-electron chi connectivity index (χ4n) is 2.51. The van der Waals surface area contributed by atoms with E-state index in [0.717, 1.165) is 32.2 Å². The summed E-state index contributed by atoms with van der Waals surface area (Å²) in [5.41, 5.74) is 0. The number of nitrogens with one attached hydrogen (secondary N) is 1. The topological polar surface area (TPSA) is 58.6 Å². The summed E-state index contributed by atoms with van der Waals surface area (Å²) in [5.74, 6) is -0.228. The summed E-state index contributed by atoms with van der Waals surface area (Å²) in [6, 6.07) is -0.454. The number of halogens is 1. The summed E-state index contributed by atoms with van der Waals surface area (Å²) in [7, 11) is 1.37. The molecule has 6 heteroatoms. The summed E-state index contributed by atoms with van der Waals surface area (Å²) in [6.07, 6.45) is 3.53. The first-order valence-corrected chi connectivity index (χ1v) is 5.85. The zero-order chi connectivity index (χ0) is 11.5. The predicted molar refractivity (Wildman–Crippen MR) is 65.0 cm³/mol. The Bertz CT molecular complexity index is 292. The van der Waals surface area contributed by atoms with Crippen LogP contribution in [0.15, 0.2) is 0 Å². The van der Waals surface area contributed by atoms with Crippen LogP contribution in [0.2, 0.25) is 0 Å². The highest BCUT2D eigenvalue weighted by Crippen LogP contribution is 2.21. The zero-order valence-electron chi connectivity index (χ0n) is 9.98. The van der Waals surface area contributed by atoms with E-state index in [2.05, 4.69) is 5.32 Å². The molecular formula is C11H19ClN2O3. The number of hydrogen-bond donors (Lipinski definition) is 1. The number of hydrogen-bond acceptors (Lipinski definition) is 4. The molecule has 0 radical (unpaired) electrons. The average molecular weight is 263 g/mol. The van der Waals surface area contributed by atoms with Gasteiger partial charge in [-0.25, -0.2) is 4.79 Å². The van der Waals surface area contributed by atoms with Crippen LogP contribution in [0.25, 0.3) is 0 Å². The summed E-state index contributed by atoms with van der Waals surface area (Å²) in [4.78, 5) is 25.3. The van der Waals surface area contributed by atoms with Gasteiger partial charge in [0.25, 0.3) is 0 Å². The van der Waals surface area contributed by atoms with E-state index >= 15 is 0 Å². The second kappa shape index (κ2) is 6.21. The molecule has 0 aromatic rings. The smallest absolute Gasteiger partial charge is 0.328 e. The molecule has 1 amide bonds. The van der Waals surface area contributed by atoms with Crippen LogP contribution >= 0.6 is 12.4 Å². The molecule has 2 saturated heterocycles. The van der Waals surface area contributed by atoms with Crippen molar-refractivity contribution in [2.24, 2.45) is 0 Å². The molecule has 0 unspecified atom stereocenters. The Labute approximate surface area is 107 Å². The van der Waals surface area contributed by atoms with Gasteiger partial charge in [-0.1, -0.05) is 0 Å². The van der Waals surface area contributed by atoms with E-state index in [1.54, 1.807) is 4.90 Å². The molecule has 2 aliphatic rings. The van der Waals surface area contributed by atoms with Gasteiger partial charge in [-0.05, 0) is 32.2 Å². The third kappa shape index (κ3) is 2.90. The summed E-state index contributed by atoms with van der Waals surface area (Å²) in [5, 5.41) is 3.17. The van der Waals surface area contributed by atoms with Crippen LogP contribution in [0, 0.1) is 0 Å². The van der Waals surface area contributed by atoms with Crippen LogP contribution in [0.4, 0.5) is 0 Å². The molecule has 0 saturated carbocycles. The molecule has 0 bridgehead atoms. The molecule has 2 rings (SSSR count). The molecular weight excluding hydrogens is 244 g/mol. The maximum atomic E-state index is 12.1. The molecule has 17 heavy (non-hydrogen) atoms. The minimum absolute atomic E-state index is 0. The van der Waals surface area contributed by atoms with Crippen molar-refractivity contribution in [3.05, 3.63) is 0 Å². The number of carbonyl (C=O) groups excluding carboxylic acids is 2. The molecule has 2 heterocycles. The van der Waals surface area contributed by atoms with Crippen LogP contribution in [-0.2, 0) is 14.3 Å². The van der Waals surface area contributed by atoms with Crippen LogP contribution < -0.4 is 5.32 Å². The molecule has 0 spiro atoms. The van der Waals surface area contributed by atoms with Gasteiger partial charge in [0.05, 0.1) is 13.2 Å². The van der Waals surface area contributed by atoms with E-state index in [1.807, 2.05) is 0 Å². The van der Waals surface area contributed by atoms with Gasteiger partial charge in [-0.3, -0.25) is 4.79 Å². The van der Waals surface area contributed by atoms with Crippen molar-refractivity contribution in [3.63, 3.8) is 0 Å². The lowest BCUT2D eigenvalue weighted by molar-refractivity contribution is -0.151. The highest BCUT2D eigenvalue weighted by atomic mass is 35.5. The molecule has 0 aliphatic carbocycles. The Balaban J connectivity index is 0.00000144. The average Bonchev–Trinajstić information content (AvgIpc) is 2.97. The standard InChI is InChI=1S/C11H18N2O3.ClH/c1-16-11(15)9-5-3-7-13(9)10(14)8-4-2-6-12-8;/h8-9,12H,2-7H2,1H3;1H/t8-,9-;/m0./s1. The number of nitrogens with zero attached hydrogens (tertiary/aromatic N) is 1. The summed E-state index contributed by atoms with van der Waals surface area (Å²) in [6.45, 7) is 1.57. The highest BCUT2D eigenvalue weighted by molar-refractivity contribution is 5.88. The van der Waals surface area contributed by atoms with E-state index in [1.165, 1.54) is 7.11 Å². The minimum atomic E-state index is -0.361. The van der Waals surface area contributed by atoms with Crippen LogP contribution in [0.1, 0.15) is 25.7 Å². The number of amides is 1. The number of carbonyl (C=O) groups is 2. The molecule has 0 aromatic heterocycles. The number of likely N-dealkylation sites (tertiary alicyclic amines) is 1. The molecule has 2 aliphatic heterocycles. The summed E-state index contributed by atoms with van der Waals surface area (Å²) >= 11 is 0. The Morgan fingerprint density at radius 3 is 2.65 bits per heavy atom. The lowest BCUT2D eigenvalue weighted by Gasteiger charge is -2.25. The Morgan fingerprint density at radius 2 is 2.06 bits per heavy atom. The van der Waals surface area contributed by atoms with Gasteiger partial charge in [0.2, 0.25) is 5.91 Å². The molecule has 5 nitrogen and oxygen atoms in total. The third-order valence-corrected chi connectivity index (χ3v) is 3.37. The molecule has 1 N–H and O–H groups in total. The van der Waals surface area contributed by atoms with Crippen molar-refractivity contribution in [1.82, 2.24) is 10.2 Å². The van der Waals surface area contributed by atoms with Crippen molar-refractivity contribution in [1.29, 1.82) is 0 Å². The fraction of sp³-hybridized carbons (Fsp3) is 0.818. The van der Waals surface area contributed by atoms with E-state index < -0.39 is 0 Å². The molecule has 98 valence electrons. The van der Waals surface area contributed by atoms with E-state index in [4.69, 9.17) is 4.74 Å². The van der Waals surface area contributed by atoms with Gasteiger partial charge < -0.3 is 15.0 Å². The van der Waals surface area contributed by atoms with Gasteiger partial charge >= 0.3 is 5.97 Å². The Kier molecular flexibility index (Phi) is 5.21. The second-order valence-electron chi connectivity index (χ2n) is 4.36. The van der Waals surface area contributed by atoms with Gasteiger partial charge in [0.15, 0.2) is 0 Å². The maximum absolute atomic E-state index is 12.1. The molecule has 2 atom stereocenters. The predicted octanol–water partition coefficient (Wildman–Crippen LogP) is 0.324. The monoisotopic (exact) mass is 262 g/mol. The first kappa shape index (κ1) is 14.3. The molecule has 0 aromatic carbocycles. The number of ether oxygens (including phenoxy) is 1. The fourth-order valence-corrected chi connectivity index (χ4v) is 2.51. The van der Waals surface area contributed by atoms with Crippen molar-refractivity contribution >= 4 is 24.3 Å². The van der Waals surface area contributed by atoms with Crippen LogP contribution in [0.5, 0.6) is 0 Å². The highest BCUT2D eigenvalue weighted by Gasteiger charge is 2.38. The number of methoxy groups -OCH3 is 1. The Morgan fingerprint density at radius 1 is 1.29 bits per heavy atom. The number of rotatable bonds is 2. The lowest BCUT2D eigenvalue weighted by Crippen LogP contribution is -2.48. The molecule has 2 fully saturated rings. The van der Waals surface area contributed by atoms with Crippen molar-refractivity contribution < 1.29 is 14.3 Å². The van der Waals surface area contributed by atoms with Crippen molar-refractivity contribution in [2.75, 3.05) is 20.2 Å². The third-order valence-electron chi connectivity index (χ3n) is 3.37. The van der Waals surface area contributed by atoms with Gasteiger partial charge in [0, 0.05) is 6.54 Å². The van der Waals surface area contributed by atoms with Crippen LogP contribution in [0.3, 0.4) is 0 Å². The largest absolute Gasteiger partial charge is 0.467 e. The van der Waals surface area contributed by atoms with Crippen LogP contribution in [-0.4, -0.2) is 49.1 Å². The maximum Gasteiger partial charge on any atom is 0.328 e. The number of esters is 1. The van der Waals surface area contributed by atoms with Gasteiger partial charge in [-0.2, -0.15) is 0 Å². The first-order chi connectivity index (χ1) is 7.74. The van der Waals surface area contributed by atoms with Crippen molar-refractivity contribution in [2.45, 2.75) is 37.8 Å². The quantitative estimate of drug-likeness (QED) is 0.729. The van der Waals surface area contributed by atoms with E-state index in [0.29, 0.717) is 6.54 Å². The van der Waals surface area contributed by atoms with Gasteiger partial charge in [0.1, 0.15) is 6.04 Å². The first-order valence-electron chi connectivity index (χ1n) is 5.85. The Hall–Kier alpha value is -0.810. The van der Waals surface area contributed by atoms with Crippen molar-refractivity contribution in [3.8, 4) is 0 Å². The zero-order valence-corrected chi connectivity index (χ0v) is 10.8. The van der Waals surface area contributed by atoms with E-state index in [9.17, 15) is 9.59 Å². The van der Waals surface area contributed by atoms with Gasteiger partial charge in [-0.15, -0.1) is 12.4 Å². The second-order valence-corrected chi connectivity index (χ2v) is 4.36. The van der Waals surface area contributed by atoms with E-state index in [-0.39, 0.29) is 36.4 Å². The lowest BCUT2D eigenvalue weighted by atomic mass is 10.1. The SMILES string of the molecule is COC(=O)[C@@H]1CCCN1C(=O)[C@@H]1CCCN1.Cl. The summed E-state index contributed by atoms with van der Waals surface area (Å²) < 4.78 is 4.72. The minimum Gasteiger partial charge on any atom is -0.467 e.